The van der Waals surface area contributed by atoms with E-state index in [2.05, 4.69) is 20.1 Å². The Morgan fingerprint density at radius 3 is 2.38 bits per heavy atom. The SMILES string of the molecule is CC=C(C)C(=O)OBr. The summed E-state index contributed by atoms with van der Waals surface area (Å²) < 4.78 is 4.21. The Morgan fingerprint density at radius 1 is 1.75 bits per heavy atom. The molecule has 0 atom stereocenters. The van der Waals surface area contributed by atoms with E-state index < -0.39 is 0 Å². The highest BCUT2D eigenvalue weighted by Gasteiger charge is 1.99. The van der Waals surface area contributed by atoms with Crippen molar-refractivity contribution in [1.29, 1.82) is 0 Å². The van der Waals surface area contributed by atoms with Crippen molar-refractivity contribution in [1.82, 2.24) is 0 Å². The van der Waals surface area contributed by atoms with E-state index in [1.54, 1.807) is 19.9 Å². The van der Waals surface area contributed by atoms with Gasteiger partial charge in [0.25, 0.3) is 0 Å². The lowest BCUT2D eigenvalue weighted by Crippen LogP contribution is -1.96. The zero-order chi connectivity index (χ0) is 6.57. The maximum Gasteiger partial charge on any atom is 0.344 e. The molecule has 0 saturated carbocycles. The summed E-state index contributed by atoms with van der Waals surface area (Å²) in [6, 6.07) is 0. The first kappa shape index (κ1) is 7.69. The third kappa shape index (κ3) is 2.12. The normalized spacial score (nSPS) is 11.1. The molecule has 0 aromatic carbocycles. The van der Waals surface area contributed by atoms with E-state index in [0.29, 0.717) is 5.57 Å². The monoisotopic (exact) mass is 178 g/mol. The van der Waals surface area contributed by atoms with Crippen LogP contribution in [0.5, 0.6) is 0 Å². The van der Waals surface area contributed by atoms with Gasteiger partial charge in [0.15, 0.2) is 16.3 Å². The molecule has 0 aromatic rings. The molecular formula is C5H7BrO2. The Hall–Kier alpha value is -0.310. The highest BCUT2D eigenvalue weighted by Crippen LogP contribution is 1.97. The van der Waals surface area contributed by atoms with Gasteiger partial charge in [-0.05, 0) is 13.8 Å². The van der Waals surface area contributed by atoms with E-state index in [-0.39, 0.29) is 5.97 Å². The molecule has 0 rings (SSSR count). The molecule has 0 N–H and O–H groups in total. The molecule has 0 fully saturated rings. The van der Waals surface area contributed by atoms with Gasteiger partial charge in [-0.25, -0.2) is 4.79 Å². The zero-order valence-corrected chi connectivity index (χ0v) is 6.36. The van der Waals surface area contributed by atoms with Crippen molar-refractivity contribution in [3.8, 4) is 0 Å². The predicted molar refractivity (Wildman–Crippen MR) is 34.5 cm³/mol. The van der Waals surface area contributed by atoms with E-state index in [1.807, 2.05) is 0 Å². The molecule has 0 bridgehead atoms. The van der Waals surface area contributed by atoms with Crippen LogP contribution in [0, 0.1) is 0 Å². The van der Waals surface area contributed by atoms with Crippen LogP contribution >= 0.6 is 16.3 Å². The Labute approximate surface area is 57.0 Å². The fraction of sp³-hybridized carbons (Fsp3) is 0.400. The number of allylic oxidation sites excluding steroid dienone is 1. The summed E-state index contributed by atoms with van der Waals surface area (Å²) in [6.45, 7) is 3.46. The van der Waals surface area contributed by atoms with Gasteiger partial charge < -0.3 is 3.83 Å². The van der Waals surface area contributed by atoms with Crippen LogP contribution in [0.3, 0.4) is 0 Å². The van der Waals surface area contributed by atoms with Crippen molar-refractivity contribution < 1.29 is 8.62 Å². The second-order valence-corrected chi connectivity index (χ2v) is 1.66. The van der Waals surface area contributed by atoms with E-state index in [0.717, 1.165) is 0 Å². The predicted octanol–water partition coefficient (Wildman–Crippen LogP) is 1.81. The second-order valence-electron chi connectivity index (χ2n) is 1.34. The third-order valence-electron chi connectivity index (χ3n) is 0.825. The number of hydrogen-bond acceptors (Lipinski definition) is 2. The Morgan fingerprint density at radius 2 is 2.25 bits per heavy atom. The molecule has 0 radical (unpaired) electrons. The molecule has 0 spiro atoms. The van der Waals surface area contributed by atoms with E-state index >= 15 is 0 Å². The van der Waals surface area contributed by atoms with Gasteiger partial charge in [0.1, 0.15) is 0 Å². The number of halogens is 1. The summed E-state index contributed by atoms with van der Waals surface area (Å²) in [5.74, 6) is -0.340. The largest absolute Gasteiger partial charge is 0.380 e. The van der Waals surface area contributed by atoms with Gasteiger partial charge in [-0.2, -0.15) is 0 Å². The van der Waals surface area contributed by atoms with Crippen LogP contribution in [0.4, 0.5) is 0 Å². The Kier molecular flexibility index (Phi) is 3.52. The van der Waals surface area contributed by atoms with Gasteiger partial charge in [-0.1, -0.05) is 6.08 Å². The van der Waals surface area contributed by atoms with Crippen LogP contribution in [0.2, 0.25) is 0 Å². The number of carbonyl (C=O) groups is 1. The summed E-state index contributed by atoms with van der Waals surface area (Å²) in [6.07, 6.45) is 1.68. The van der Waals surface area contributed by atoms with Gasteiger partial charge in [-0.15, -0.1) is 0 Å². The maximum absolute atomic E-state index is 10.4. The van der Waals surface area contributed by atoms with Crippen LogP contribution < -0.4 is 0 Å². The topological polar surface area (TPSA) is 26.3 Å². The number of hydrogen-bond donors (Lipinski definition) is 0. The van der Waals surface area contributed by atoms with Crippen molar-refractivity contribution in [3.63, 3.8) is 0 Å². The van der Waals surface area contributed by atoms with Gasteiger partial charge in [0.2, 0.25) is 0 Å². The smallest absolute Gasteiger partial charge is 0.344 e. The summed E-state index contributed by atoms with van der Waals surface area (Å²) in [5, 5.41) is 0. The van der Waals surface area contributed by atoms with E-state index in [4.69, 9.17) is 0 Å². The molecule has 0 aliphatic heterocycles. The Bertz CT molecular complexity index is 118. The van der Waals surface area contributed by atoms with Gasteiger partial charge in [0.05, 0.1) is 0 Å². The van der Waals surface area contributed by atoms with Crippen LogP contribution in [0.15, 0.2) is 11.6 Å². The molecule has 0 saturated heterocycles. The first-order chi connectivity index (χ1) is 3.72. The molecule has 2 nitrogen and oxygen atoms in total. The fourth-order valence-corrected chi connectivity index (χ4v) is 0.434. The second kappa shape index (κ2) is 3.66. The summed E-state index contributed by atoms with van der Waals surface area (Å²) in [7, 11) is 0. The van der Waals surface area contributed by atoms with Gasteiger partial charge >= 0.3 is 5.97 Å². The minimum atomic E-state index is -0.340. The van der Waals surface area contributed by atoms with Crippen LogP contribution in [-0.2, 0) is 8.62 Å². The van der Waals surface area contributed by atoms with Crippen LogP contribution in [-0.4, -0.2) is 5.97 Å². The summed E-state index contributed by atoms with van der Waals surface area (Å²) in [4.78, 5) is 10.4. The molecule has 8 heavy (non-hydrogen) atoms. The van der Waals surface area contributed by atoms with Crippen molar-refractivity contribution in [3.05, 3.63) is 11.6 Å². The first-order valence-corrected chi connectivity index (χ1v) is 2.83. The molecule has 0 aliphatic carbocycles. The maximum atomic E-state index is 10.4. The van der Waals surface area contributed by atoms with Gasteiger partial charge in [-0.3, -0.25) is 0 Å². The lowest BCUT2D eigenvalue weighted by molar-refractivity contribution is -0.128. The average molecular weight is 179 g/mol. The van der Waals surface area contributed by atoms with E-state index in [9.17, 15) is 4.79 Å². The minimum absolute atomic E-state index is 0.340. The lowest BCUT2D eigenvalue weighted by Gasteiger charge is -1.90. The molecule has 46 valence electrons. The van der Waals surface area contributed by atoms with Crippen LogP contribution in [0.1, 0.15) is 13.8 Å². The highest BCUT2D eigenvalue weighted by molar-refractivity contribution is 9.06. The average Bonchev–Trinajstić information content (AvgIpc) is 1.84. The standard InChI is InChI=1S/C5H7BrO2/c1-3-4(2)5(7)8-6/h3H,1-2H3. The van der Waals surface area contributed by atoms with Crippen molar-refractivity contribution >= 4 is 22.2 Å². The minimum Gasteiger partial charge on any atom is -0.380 e. The number of rotatable bonds is 1. The molecule has 0 unspecified atom stereocenters. The summed E-state index contributed by atoms with van der Waals surface area (Å²) >= 11 is 2.57. The number of carbonyl (C=O) groups excluding carboxylic acids is 1. The fourth-order valence-electron chi connectivity index (χ4n) is 0.179. The first-order valence-electron chi connectivity index (χ1n) is 2.18. The molecule has 0 aliphatic rings. The molecular weight excluding hydrogens is 172 g/mol. The Balaban J connectivity index is 3.83. The van der Waals surface area contributed by atoms with Crippen molar-refractivity contribution in [2.75, 3.05) is 0 Å². The van der Waals surface area contributed by atoms with Crippen molar-refractivity contribution in [2.24, 2.45) is 0 Å². The third-order valence-corrected chi connectivity index (χ3v) is 1.12. The highest BCUT2D eigenvalue weighted by atomic mass is 79.9. The van der Waals surface area contributed by atoms with Crippen molar-refractivity contribution in [2.45, 2.75) is 13.8 Å². The summed E-state index contributed by atoms with van der Waals surface area (Å²) in [5.41, 5.74) is 0.599. The van der Waals surface area contributed by atoms with Crippen LogP contribution in [0.25, 0.3) is 0 Å². The lowest BCUT2D eigenvalue weighted by atomic mass is 10.3. The van der Waals surface area contributed by atoms with Gasteiger partial charge in [0, 0.05) is 5.57 Å². The zero-order valence-electron chi connectivity index (χ0n) is 4.77. The molecule has 0 heterocycles. The molecule has 3 heteroatoms. The molecule has 0 amide bonds. The molecule has 0 aromatic heterocycles. The quantitative estimate of drug-likeness (QED) is 0.573. The van der Waals surface area contributed by atoms with E-state index in [1.165, 1.54) is 0 Å².